The minimum Gasteiger partial charge on any atom is -0.392 e. The Morgan fingerprint density at radius 3 is 2.70 bits per heavy atom. The Hall–Kier alpha value is -2.13. The molecule has 0 saturated carbocycles. The van der Waals surface area contributed by atoms with Gasteiger partial charge in [-0.3, -0.25) is 0 Å². The van der Waals surface area contributed by atoms with E-state index in [9.17, 15) is 9.50 Å². The molecule has 102 valence electrons. The molecule has 3 rings (SSSR count). The number of benzene rings is 2. The lowest BCUT2D eigenvalue weighted by Gasteiger charge is -2.09. The number of aliphatic hydroxyl groups excluding tert-OH is 1. The summed E-state index contributed by atoms with van der Waals surface area (Å²) in [5, 5.41) is 10.5. The monoisotopic (exact) mass is 269 g/mol. The van der Waals surface area contributed by atoms with E-state index in [1.54, 1.807) is 12.1 Å². The van der Waals surface area contributed by atoms with Crippen molar-refractivity contribution in [1.82, 2.24) is 4.57 Å². The van der Waals surface area contributed by atoms with Crippen molar-refractivity contribution in [3.05, 3.63) is 71.2 Å². The fraction of sp³-hybridized carbons (Fsp3) is 0.176. The predicted octanol–water partition coefficient (Wildman–Crippen LogP) is 3.63. The number of para-hydroxylation sites is 1. The van der Waals surface area contributed by atoms with Crippen LogP contribution in [0.1, 0.15) is 16.7 Å². The minimum absolute atomic E-state index is 0.00957. The van der Waals surface area contributed by atoms with E-state index in [1.165, 1.54) is 6.07 Å². The molecule has 20 heavy (non-hydrogen) atoms. The zero-order valence-corrected chi connectivity index (χ0v) is 11.3. The van der Waals surface area contributed by atoms with Crippen molar-refractivity contribution in [2.75, 3.05) is 0 Å². The maximum atomic E-state index is 13.4. The molecule has 0 spiro atoms. The van der Waals surface area contributed by atoms with Crippen LogP contribution in [0, 0.1) is 12.7 Å². The zero-order chi connectivity index (χ0) is 14.1. The Morgan fingerprint density at radius 1 is 1.10 bits per heavy atom. The van der Waals surface area contributed by atoms with Crippen molar-refractivity contribution < 1.29 is 9.50 Å². The first-order chi connectivity index (χ1) is 9.69. The molecule has 1 aromatic heterocycles. The average Bonchev–Trinajstić information content (AvgIpc) is 2.81. The molecule has 0 bridgehead atoms. The van der Waals surface area contributed by atoms with Gasteiger partial charge in [-0.05, 0) is 36.2 Å². The third-order valence-corrected chi connectivity index (χ3v) is 3.69. The van der Waals surface area contributed by atoms with E-state index in [1.807, 2.05) is 37.4 Å². The van der Waals surface area contributed by atoms with Crippen molar-refractivity contribution in [1.29, 1.82) is 0 Å². The van der Waals surface area contributed by atoms with Gasteiger partial charge < -0.3 is 9.67 Å². The topological polar surface area (TPSA) is 25.2 Å². The normalized spacial score (nSPS) is 11.2. The van der Waals surface area contributed by atoms with E-state index < -0.39 is 0 Å². The van der Waals surface area contributed by atoms with Crippen molar-refractivity contribution >= 4 is 10.9 Å². The third-order valence-electron chi connectivity index (χ3n) is 3.69. The summed E-state index contributed by atoms with van der Waals surface area (Å²) in [7, 11) is 0. The summed E-state index contributed by atoms with van der Waals surface area (Å²) in [6.07, 6.45) is 1.94. The number of fused-ring (bicyclic) bond motifs is 1. The van der Waals surface area contributed by atoms with E-state index in [4.69, 9.17) is 0 Å². The lowest BCUT2D eigenvalue weighted by molar-refractivity contribution is 0.283. The molecule has 3 heteroatoms. The van der Waals surface area contributed by atoms with Gasteiger partial charge >= 0.3 is 0 Å². The van der Waals surface area contributed by atoms with Crippen LogP contribution in [-0.4, -0.2) is 9.67 Å². The highest BCUT2D eigenvalue weighted by atomic mass is 19.1. The van der Waals surface area contributed by atoms with E-state index >= 15 is 0 Å². The maximum Gasteiger partial charge on any atom is 0.123 e. The van der Waals surface area contributed by atoms with Gasteiger partial charge in [-0.25, -0.2) is 4.39 Å². The van der Waals surface area contributed by atoms with Crippen LogP contribution in [0.2, 0.25) is 0 Å². The summed E-state index contributed by atoms with van der Waals surface area (Å²) in [5.41, 5.74) is 3.97. The van der Waals surface area contributed by atoms with Crippen LogP contribution in [0.5, 0.6) is 0 Å². The summed E-state index contributed by atoms with van der Waals surface area (Å²) >= 11 is 0. The van der Waals surface area contributed by atoms with Gasteiger partial charge in [-0.15, -0.1) is 0 Å². The Morgan fingerprint density at radius 2 is 1.90 bits per heavy atom. The van der Waals surface area contributed by atoms with Crippen LogP contribution in [0.25, 0.3) is 10.9 Å². The average molecular weight is 269 g/mol. The van der Waals surface area contributed by atoms with E-state index in [-0.39, 0.29) is 12.4 Å². The number of nitrogens with zero attached hydrogens (tertiary/aromatic N) is 1. The van der Waals surface area contributed by atoms with Crippen LogP contribution in [-0.2, 0) is 13.2 Å². The predicted molar refractivity (Wildman–Crippen MR) is 78.1 cm³/mol. The number of rotatable bonds is 3. The third kappa shape index (κ3) is 2.21. The largest absolute Gasteiger partial charge is 0.392 e. The van der Waals surface area contributed by atoms with Gasteiger partial charge in [0.15, 0.2) is 0 Å². The molecule has 0 aliphatic heterocycles. The number of aryl methyl sites for hydroxylation is 1. The van der Waals surface area contributed by atoms with Crippen LogP contribution in [0.4, 0.5) is 4.39 Å². The molecular weight excluding hydrogens is 253 g/mol. The quantitative estimate of drug-likeness (QED) is 0.771. The molecule has 0 amide bonds. The molecule has 1 heterocycles. The van der Waals surface area contributed by atoms with Gasteiger partial charge in [0, 0.05) is 29.2 Å². The van der Waals surface area contributed by atoms with Crippen LogP contribution in [0.3, 0.4) is 0 Å². The van der Waals surface area contributed by atoms with Gasteiger partial charge in [0.25, 0.3) is 0 Å². The van der Waals surface area contributed by atoms with Crippen molar-refractivity contribution in [3.8, 4) is 0 Å². The van der Waals surface area contributed by atoms with Crippen molar-refractivity contribution in [2.24, 2.45) is 0 Å². The number of aromatic nitrogens is 1. The Balaban J connectivity index is 2.09. The van der Waals surface area contributed by atoms with E-state index in [2.05, 4.69) is 4.57 Å². The molecule has 2 nitrogen and oxygen atoms in total. The summed E-state index contributed by atoms with van der Waals surface area (Å²) in [6, 6.07) is 12.8. The summed E-state index contributed by atoms with van der Waals surface area (Å²) in [5.74, 6) is -0.218. The van der Waals surface area contributed by atoms with Gasteiger partial charge in [0.2, 0.25) is 0 Å². The van der Waals surface area contributed by atoms with Crippen LogP contribution < -0.4 is 0 Å². The molecule has 0 saturated heterocycles. The maximum absolute atomic E-state index is 13.4. The Bertz CT molecular complexity index is 761. The second-order valence-corrected chi connectivity index (χ2v) is 5.03. The molecule has 0 radical (unpaired) electrons. The zero-order valence-electron chi connectivity index (χ0n) is 11.3. The molecule has 0 unspecified atom stereocenters. The highest BCUT2D eigenvalue weighted by Crippen LogP contribution is 2.23. The SMILES string of the molecule is Cc1ccc(F)cc1Cn1cc(CO)c2ccccc21. The molecule has 0 aliphatic rings. The van der Waals surface area contributed by atoms with Crippen LogP contribution in [0.15, 0.2) is 48.7 Å². The molecule has 3 aromatic rings. The fourth-order valence-corrected chi connectivity index (χ4v) is 2.57. The smallest absolute Gasteiger partial charge is 0.123 e. The molecule has 2 aromatic carbocycles. The fourth-order valence-electron chi connectivity index (χ4n) is 2.57. The first-order valence-corrected chi connectivity index (χ1v) is 6.61. The molecule has 0 fully saturated rings. The summed E-state index contributed by atoms with van der Waals surface area (Å²) in [6.45, 7) is 2.59. The number of halogens is 1. The molecule has 0 atom stereocenters. The summed E-state index contributed by atoms with van der Waals surface area (Å²) in [4.78, 5) is 0. The Labute approximate surface area is 117 Å². The van der Waals surface area contributed by atoms with Crippen LogP contribution >= 0.6 is 0 Å². The number of hydrogen-bond donors (Lipinski definition) is 1. The van der Waals surface area contributed by atoms with E-state index in [0.717, 1.165) is 27.6 Å². The standard InChI is InChI=1S/C17H16FNO/c1-12-6-7-15(18)8-13(12)9-19-10-14(11-20)16-4-2-3-5-17(16)19/h2-8,10,20H,9,11H2,1H3. The van der Waals surface area contributed by atoms with Gasteiger partial charge in [0.05, 0.1) is 6.61 Å². The van der Waals surface area contributed by atoms with Crippen molar-refractivity contribution in [2.45, 2.75) is 20.1 Å². The lowest BCUT2D eigenvalue weighted by atomic mass is 10.1. The Kier molecular flexibility index (Phi) is 3.28. The van der Waals surface area contributed by atoms with Gasteiger partial charge in [0.1, 0.15) is 5.82 Å². The first kappa shape index (κ1) is 12.9. The molecular formula is C17H16FNO. The molecule has 0 aliphatic carbocycles. The summed E-state index contributed by atoms with van der Waals surface area (Å²) < 4.78 is 15.4. The van der Waals surface area contributed by atoms with Crippen molar-refractivity contribution in [3.63, 3.8) is 0 Å². The molecule has 1 N–H and O–H groups in total. The van der Waals surface area contributed by atoms with Gasteiger partial charge in [-0.1, -0.05) is 24.3 Å². The second kappa shape index (κ2) is 5.10. The highest BCUT2D eigenvalue weighted by molar-refractivity contribution is 5.83. The van der Waals surface area contributed by atoms with E-state index in [0.29, 0.717) is 6.54 Å². The van der Waals surface area contributed by atoms with Gasteiger partial charge in [-0.2, -0.15) is 0 Å². The number of aliphatic hydroxyl groups is 1. The minimum atomic E-state index is -0.218. The lowest BCUT2D eigenvalue weighted by Crippen LogP contribution is -2.00. The first-order valence-electron chi connectivity index (χ1n) is 6.61. The number of hydrogen-bond acceptors (Lipinski definition) is 1. The highest BCUT2D eigenvalue weighted by Gasteiger charge is 2.09. The second-order valence-electron chi connectivity index (χ2n) is 5.03.